The molecule has 0 fully saturated rings. The largest absolute Gasteiger partial charge is 0.368 e. The van der Waals surface area contributed by atoms with Crippen molar-refractivity contribution in [1.29, 1.82) is 0 Å². The molecule has 0 atom stereocenters. The molecule has 4 N–H and O–H groups in total. The number of thiophene rings is 1. The first kappa shape index (κ1) is 20.2. The van der Waals surface area contributed by atoms with Crippen LogP contribution in [0, 0.1) is 13.8 Å². The number of hydrogen-bond donors (Lipinski definition) is 3. The molecule has 0 radical (unpaired) electrons. The Morgan fingerprint density at radius 2 is 1.93 bits per heavy atom. The molecule has 28 heavy (non-hydrogen) atoms. The molecule has 0 aliphatic heterocycles. The van der Waals surface area contributed by atoms with Crippen molar-refractivity contribution in [2.24, 2.45) is 0 Å². The topological polar surface area (TPSA) is 92.9 Å². The van der Waals surface area contributed by atoms with E-state index in [2.05, 4.69) is 53.5 Å². The van der Waals surface area contributed by atoms with Gasteiger partial charge in [0.25, 0.3) is 5.91 Å². The average Bonchev–Trinajstić information content (AvgIpc) is 3.07. The van der Waals surface area contributed by atoms with E-state index in [9.17, 15) is 4.79 Å². The minimum absolute atomic E-state index is 0.0971. The van der Waals surface area contributed by atoms with Crippen LogP contribution in [0.1, 0.15) is 46.6 Å². The molecule has 0 spiro atoms. The van der Waals surface area contributed by atoms with E-state index in [1.807, 2.05) is 13.0 Å². The molecule has 1 aromatic carbocycles. The number of anilines is 1. The van der Waals surface area contributed by atoms with Gasteiger partial charge in [-0.2, -0.15) is 0 Å². The van der Waals surface area contributed by atoms with Gasteiger partial charge in [-0.15, -0.1) is 11.3 Å². The van der Waals surface area contributed by atoms with Gasteiger partial charge in [-0.25, -0.2) is 9.97 Å². The molecule has 0 saturated heterocycles. The van der Waals surface area contributed by atoms with Gasteiger partial charge in [0, 0.05) is 24.0 Å². The van der Waals surface area contributed by atoms with Crippen LogP contribution in [0.3, 0.4) is 0 Å². The molecule has 6 nitrogen and oxygen atoms in total. The lowest BCUT2D eigenvalue weighted by Gasteiger charge is -2.13. The van der Waals surface area contributed by atoms with Crippen molar-refractivity contribution in [1.82, 2.24) is 20.6 Å². The molecule has 0 saturated carbocycles. The van der Waals surface area contributed by atoms with Crippen LogP contribution in [0.2, 0.25) is 0 Å². The second-order valence-electron chi connectivity index (χ2n) is 6.89. The predicted molar refractivity (Wildman–Crippen MR) is 117 cm³/mol. The smallest absolute Gasteiger partial charge is 0.261 e. The van der Waals surface area contributed by atoms with E-state index in [0.29, 0.717) is 11.4 Å². The molecule has 148 valence electrons. The van der Waals surface area contributed by atoms with Crippen molar-refractivity contribution < 1.29 is 4.79 Å². The quantitative estimate of drug-likeness (QED) is 0.527. The van der Waals surface area contributed by atoms with E-state index < -0.39 is 0 Å². The van der Waals surface area contributed by atoms with Gasteiger partial charge in [0.15, 0.2) is 0 Å². The summed E-state index contributed by atoms with van der Waals surface area (Å²) < 4.78 is 0. The van der Waals surface area contributed by atoms with Crippen molar-refractivity contribution >= 4 is 33.4 Å². The second-order valence-corrected chi connectivity index (χ2v) is 7.92. The predicted octanol–water partition coefficient (Wildman–Crippen LogP) is 3.81. The molecule has 0 bridgehead atoms. The van der Waals surface area contributed by atoms with Crippen LogP contribution in [0.25, 0.3) is 21.5 Å². The van der Waals surface area contributed by atoms with Crippen molar-refractivity contribution in [3.8, 4) is 11.3 Å². The Labute approximate surface area is 169 Å². The Balaban J connectivity index is 2.12. The third kappa shape index (κ3) is 4.15. The fourth-order valence-corrected chi connectivity index (χ4v) is 4.20. The van der Waals surface area contributed by atoms with Crippen LogP contribution >= 0.6 is 11.3 Å². The number of hydrogen-bond acceptors (Lipinski definition) is 6. The standard InChI is InChI=1S/C21H27N5OS/c1-5-7-23-11-14-9-15(13(4)8-12(14)3)18-16-10-17(19(27)24-6-2)28-20(16)26-21(22)25-18/h8-10,23H,5-7,11H2,1-4H3,(H,24,27)(H2,22,25,26). The minimum atomic E-state index is -0.0971. The van der Waals surface area contributed by atoms with Gasteiger partial charge in [0.1, 0.15) is 4.83 Å². The van der Waals surface area contributed by atoms with E-state index in [-0.39, 0.29) is 11.9 Å². The lowest BCUT2D eigenvalue weighted by Crippen LogP contribution is -2.21. The molecule has 0 aliphatic carbocycles. The SMILES string of the molecule is CCCNCc1cc(-c2nc(N)nc3sc(C(=O)NCC)cc23)c(C)cc1C. The van der Waals surface area contributed by atoms with Crippen molar-refractivity contribution in [3.63, 3.8) is 0 Å². The van der Waals surface area contributed by atoms with E-state index in [1.165, 1.54) is 22.5 Å². The maximum atomic E-state index is 12.3. The highest BCUT2D eigenvalue weighted by atomic mass is 32.1. The number of nitrogens with one attached hydrogen (secondary N) is 2. The first-order chi connectivity index (χ1) is 13.4. The Morgan fingerprint density at radius 3 is 2.64 bits per heavy atom. The number of benzene rings is 1. The number of carbonyl (C=O) groups excluding carboxylic acids is 1. The summed E-state index contributed by atoms with van der Waals surface area (Å²) in [5.41, 5.74) is 11.4. The first-order valence-corrected chi connectivity index (χ1v) is 10.4. The zero-order chi connectivity index (χ0) is 20.3. The Hall–Kier alpha value is -2.51. The molecule has 7 heteroatoms. The molecule has 2 aromatic heterocycles. The number of fused-ring (bicyclic) bond motifs is 1. The number of amides is 1. The summed E-state index contributed by atoms with van der Waals surface area (Å²) in [7, 11) is 0. The summed E-state index contributed by atoms with van der Waals surface area (Å²) in [4.78, 5) is 22.5. The molecule has 1 amide bonds. The normalized spacial score (nSPS) is 11.1. The van der Waals surface area contributed by atoms with Gasteiger partial charge in [0.05, 0.1) is 10.6 Å². The van der Waals surface area contributed by atoms with Gasteiger partial charge in [-0.05, 0) is 62.6 Å². The first-order valence-electron chi connectivity index (χ1n) is 9.61. The Morgan fingerprint density at radius 1 is 1.14 bits per heavy atom. The van der Waals surface area contributed by atoms with Crippen LogP contribution in [0.5, 0.6) is 0 Å². The van der Waals surface area contributed by atoms with E-state index >= 15 is 0 Å². The number of nitrogens with two attached hydrogens (primary N) is 1. The summed E-state index contributed by atoms with van der Waals surface area (Å²) in [5, 5.41) is 7.16. The maximum Gasteiger partial charge on any atom is 0.261 e. The van der Waals surface area contributed by atoms with Gasteiger partial charge in [0.2, 0.25) is 5.95 Å². The number of carbonyl (C=O) groups is 1. The average molecular weight is 398 g/mol. The van der Waals surface area contributed by atoms with Crippen LogP contribution < -0.4 is 16.4 Å². The highest BCUT2D eigenvalue weighted by molar-refractivity contribution is 7.20. The molecule has 3 aromatic rings. The Bertz CT molecular complexity index is 1010. The number of nitrogen functional groups attached to an aromatic ring is 1. The van der Waals surface area contributed by atoms with E-state index in [1.54, 1.807) is 0 Å². The van der Waals surface area contributed by atoms with Gasteiger partial charge in [-0.3, -0.25) is 4.79 Å². The summed E-state index contributed by atoms with van der Waals surface area (Å²) in [6, 6.07) is 6.23. The summed E-state index contributed by atoms with van der Waals surface area (Å²) in [6.07, 6.45) is 1.10. The number of nitrogens with zero attached hydrogens (tertiary/aromatic N) is 2. The molecule has 0 aliphatic rings. The van der Waals surface area contributed by atoms with Crippen LogP contribution in [0.15, 0.2) is 18.2 Å². The highest BCUT2D eigenvalue weighted by Crippen LogP contribution is 2.35. The van der Waals surface area contributed by atoms with Crippen LogP contribution in [-0.4, -0.2) is 29.0 Å². The van der Waals surface area contributed by atoms with Gasteiger partial charge in [-0.1, -0.05) is 13.0 Å². The maximum absolute atomic E-state index is 12.3. The molecular formula is C21H27N5OS. The Kier molecular flexibility index (Phi) is 6.26. The third-order valence-corrected chi connectivity index (χ3v) is 5.68. The molecule has 3 rings (SSSR count). The summed E-state index contributed by atoms with van der Waals surface area (Å²) >= 11 is 1.34. The van der Waals surface area contributed by atoms with Crippen molar-refractivity contribution in [3.05, 3.63) is 39.8 Å². The second kappa shape index (κ2) is 8.67. The van der Waals surface area contributed by atoms with E-state index in [0.717, 1.165) is 46.5 Å². The lowest BCUT2D eigenvalue weighted by molar-refractivity contribution is 0.0960. The summed E-state index contributed by atoms with van der Waals surface area (Å²) in [6.45, 7) is 10.6. The molecular weight excluding hydrogens is 370 g/mol. The zero-order valence-corrected chi connectivity index (χ0v) is 17.7. The number of aryl methyl sites for hydroxylation is 2. The monoisotopic (exact) mass is 397 g/mol. The lowest BCUT2D eigenvalue weighted by atomic mass is 9.96. The fourth-order valence-electron chi connectivity index (χ4n) is 3.25. The highest BCUT2D eigenvalue weighted by Gasteiger charge is 2.18. The zero-order valence-electron chi connectivity index (χ0n) is 16.8. The van der Waals surface area contributed by atoms with Gasteiger partial charge < -0.3 is 16.4 Å². The van der Waals surface area contributed by atoms with Crippen molar-refractivity contribution in [2.75, 3.05) is 18.8 Å². The number of rotatable bonds is 7. The fraction of sp³-hybridized carbons (Fsp3) is 0.381. The summed E-state index contributed by atoms with van der Waals surface area (Å²) in [5.74, 6) is 0.123. The molecule has 0 unspecified atom stereocenters. The third-order valence-electron chi connectivity index (χ3n) is 4.65. The van der Waals surface area contributed by atoms with Crippen molar-refractivity contribution in [2.45, 2.75) is 40.7 Å². The minimum Gasteiger partial charge on any atom is -0.368 e. The van der Waals surface area contributed by atoms with Gasteiger partial charge >= 0.3 is 0 Å². The number of aromatic nitrogens is 2. The van der Waals surface area contributed by atoms with Crippen LogP contribution in [0.4, 0.5) is 5.95 Å². The van der Waals surface area contributed by atoms with Crippen LogP contribution in [-0.2, 0) is 6.54 Å². The van der Waals surface area contributed by atoms with E-state index in [4.69, 9.17) is 5.73 Å². The molecule has 2 heterocycles.